The van der Waals surface area contributed by atoms with Crippen molar-refractivity contribution >= 4 is 58.4 Å². The van der Waals surface area contributed by atoms with Crippen molar-refractivity contribution in [2.75, 3.05) is 56.2 Å². The van der Waals surface area contributed by atoms with E-state index in [9.17, 15) is 5.11 Å². The lowest BCUT2D eigenvalue weighted by atomic mass is 10.0. The fraction of sp³-hybridized carbons (Fsp3) is 0.800. The third-order valence-electron chi connectivity index (χ3n) is 4.49. The van der Waals surface area contributed by atoms with Crippen LogP contribution in [-0.2, 0) is 6.42 Å². The van der Waals surface area contributed by atoms with Crippen molar-refractivity contribution in [1.29, 1.82) is 0 Å². The highest BCUT2D eigenvalue weighted by atomic mass is 127. The standard InChI is InChI=1S/C15H26N6OS2.HI/c1-3-12-18-14(24-19-12)21-7-5-20(6-8-21)13(16-2)17-10-15(22)4-9-23-11-15;/h22H,3-11H2,1-2H3,(H,16,17);1H. The average molecular weight is 498 g/mol. The number of hydrogen-bond donors (Lipinski definition) is 2. The molecule has 25 heavy (non-hydrogen) atoms. The average Bonchev–Trinajstić information content (AvgIpc) is 3.25. The van der Waals surface area contributed by atoms with Crippen molar-refractivity contribution in [2.45, 2.75) is 25.4 Å². The molecule has 2 aliphatic rings. The molecule has 2 N–H and O–H groups in total. The van der Waals surface area contributed by atoms with Crippen LogP contribution in [0.5, 0.6) is 0 Å². The molecule has 0 bridgehead atoms. The molecule has 3 heterocycles. The Balaban J connectivity index is 0.00000225. The number of aryl methyl sites for hydroxylation is 1. The number of hydrogen-bond acceptors (Lipinski definition) is 7. The van der Waals surface area contributed by atoms with Gasteiger partial charge in [-0.05, 0) is 12.2 Å². The number of aliphatic imine (C=N–C) groups is 1. The second kappa shape index (κ2) is 9.56. The Morgan fingerprint density at radius 2 is 2.12 bits per heavy atom. The van der Waals surface area contributed by atoms with E-state index in [1.807, 2.05) is 11.8 Å². The molecule has 3 rings (SSSR count). The fourth-order valence-electron chi connectivity index (χ4n) is 2.94. The molecule has 7 nitrogen and oxygen atoms in total. The van der Waals surface area contributed by atoms with Gasteiger partial charge in [0, 0.05) is 63.5 Å². The highest BCUT2D eigenvalue weighted by Crippen LogP contribution is 2.27. The number of aromatic nitrogens is 2. The summed E-state index contributed by atoms with van der Waals surface area (Å²) in [7, 11) is 1.81. The van der Waals surface area contributed by atoms with Crippen molar-refractivity contribution in [3.05, 3.63) is 5.82 Å². The highest BCUT2D eigenvalue weighted by Gasteiger charge is 2.32. The fourth-order valence-corrected chi connectivity index (χ4v) is 5.03. The van der Waals surface area contributed by atoms with E-state index < -0.39 is 5.60 Å². The lowest BCUT2D eigenvalue weighted by molar-refractivity contribution is 0.0716. The van der Waals surface area contributed by atoms with Crippen molar-refractivity contribution in [3.8, 4) is 0 Å². The molecular weight excluding hydrogens is 471 g/mol. The Morgan fingerprint density at radius 1 is 1.36 bits per heavy atom. The van der Waals surface area contributed by atoms with Gasteiger partial charge in [0.1, 0.15) is 5.82 Å². The summed E-state index contributed by atoms with van der Waals surface area (Å²) >= 11 is 3.30. The first-order valence-corrected chi connectivity index (χ1v) is 10.4. The lowest BCUT2D eigenvalue weighted by Crippen LogP contribution is -2.55. The zero-order valence-corrected chi connectivity index (χ0v) is 18.7. The third kappa shape index (κ3) is 5.33. The van der Waals surface area contributed by atoms with E-state index in [0.29, 0.717) is 6.54 Å². The summed E-state index contributed by atoms with van der Waals surface area (Å²) in [5, 5.41) is 14.8. The maximum atomic E-state index is 10.5. The van der Waals surface area contributed by atoms with Crippen molar-refractivity contribution in [1.82, 2.24) is 19.6 Å². The summed E-state index contributed by atoms with van der Waals surface area (Å²) in [6.07, 6.45) is 1.74. The molecule has 0 amide bonds. The molecule has 1 aromatic heterocycles. The summed E-state index contributed by atoms with van der Waals surface area (Å²) in [5.74, 6) is 3.66. The maximum absolute atomic E-state index is 10.5. The predicted molar refractivity (Wildman–Crippen MR) is 117 cm³/mol. The van der Waals surface area contributed by atoms with Gasteiger partial charge in [-0.2, -0.15) is 16.1 Å². The van der Waals surface area contributed by atoms with E-state index in [2.05, 4.69) is 36.4 Å². The second-order valence-electron chi connectivity index (χ2n) is 6.25. The molecule has 0 spiro atoms. The quantitative estimate of drug-likeness (QED) is 0.368. The first kappa shape index (κ1) is 21.0. The van der Waals surface area contributed by atoms with E-state index in [-0.39, 0.29) is 24.0 Å². The topological polar surface area (TPSA) is 76.9 Å². The second-order valence-corrected chi connectivity index (χ2v) is 8.08. The Bertz CT molecular complexity index is 570. The molecule has 0 aromatic carbocycles. The summed E-state index contributed by atoms with van der Waals surface area (Å²) in [4.78, 5) is 13.5. The number of nitrogens with zero attached hydrogens (tertiary/aromatic N) is 5. The minimum atomic E-state index is -0.592. The van der Waals surface area contributed by atoms with Crippen LogP contribution in [0.2, 0.25) is 0 Å². The lowest BCUT2D eigenvalue weighted by Gasteiger charge is -2.37. The van der Waals surface area contributed by atoms with E-state index in [1.54, 1.807) is 7.05 Å². The van der Waals surface area contributed by atoms with Gasteiger partial charge in [0.25, 0.3) is 0 Å². The van der Waals surface area contributed by atoms with Crippen molar-refractivity contribution < 1.29 is 5.11 Å². The minimum Gasteiger partial charge on any atom is -0.387 e. The Labute approximate surface area is 174 Å². The number of piperazine rings is 1. The summed E-state index contributed by atoms with van der Waals surface area (Å²) < 4.78 is 4.37. The van der Waals surface area contributed by atoms with Gasteiger partial charge >= 0.3 is 0 Å². The monoisotopic (exact) mass is 498 g/mol. The van der Waals surface area contributed by atoms with Gasteiger partial charge in [-0.15, -0.1) is 24.0 Å². The SMILES string of the molecule is CCc1nsc(N2CCN(C(=NC)NCC3(O)CCSC3)CC2)n1.I. The van der Waals surface area contributed by atoms with E-state index in [0.717, 1.165) is 67.4 Å². The van der Waals surface area contributed by atoms with Crippen LogP contribution in [-0.4, -0.2) is 82.2 Å². The smallest absolute Gasteiger partial charge is 0.205 e. The van der Waals surface area contributed by atoms with Gasteiger partial charge in [0.15, 0.2) is 5.96 Å². The molecule has 2 aliphatic heterocycles. The predicted octanol–water partition coefficient (Wildman–Crippen LogP) is 1.28. The van der Waals surface area contributed by atoms with Crippen LogP contribution in [0.3, 0.4) is 0 Å². The van der Waals surface area contributed by atoms with E-state index in [1.165, 1.54) is 11.5 Å². The first-order valence-electron chi connectivity index (χ1n) is 8.47. The molecule has 0 radical (unpaired) electrons. The van der Waals surface area contributed by atoms with Gasteiger partial charge < -0.3 is 20.2 Å². The molecule has 10 heteroatoms. The van der Waals surface area contributed by atoms with Crippen LogP contribution in [0.4, 0.5) is 5.13 Å². The molecule has 2 fully saturated rings. The maximum Gasteiger partial charge on any atom is 0.205 e. The number of nitrogens with one attached hydrogen (secondary N) is 1. The molecular formula is C15H27IN6OS2. The number of halogens is 1. The number of anilines is 1. The van der Waals surface area contributed by atoms with Crippen LogP contribution in [0.1, 0.15) is 19.2 Å². The number of rotatable bonds is 4. The largest absolute Gasteiger partial charge is 0.387 e. The van der Waals surface area contributed by atoms with Gasteiger partial charge in [-0.1, -0.05) is 6.92 Å². The van der Waals surface area contributed by atoms with Gasteiger partial charge in [0.2, 0.25) is 5.13 Å². The van der Waals surface area contributed by atoms with E-state index >= 15 is 0 Å². The molecule has 1 unspecified atom stereocenters. The van der Waals surface area contributed by atoms with Crippen LogP contribution < -0.4 is 10.2 Å². The van der Waals surface area contributed by atoms with Crippen molar-refractivity contribution in [3.63, 3.8) is 0 Å². The Kier molecular flexibility index (Phi) is 8.02. The normalized spacial score (nSPS) is 24.4. The third-order valence-corrected chi connectivity index (χ3v) is 6.54. The molecule has 142 valence electrons. The highest BCUT2D eigenvalue weighted by molar-refractivity contribution is 14.0. The van der Waals surface area contributed by atoms with Crippen LogP contribution in [0, 0.1) is 0 Å². The van der Waals surface area contributed by atoms with Crippen molar-refractivity contribution in [2.24, 2.45) is 4.99 Å². The summed E-state index contributed by atoms with van der Waals surface area (Å²) in [6.45, 7) is 6.28. The summed E-state index contributed by atoms with van der Waals surface area (Å²) in [5.41, 5.74) is -0.592. The molecule has 0 saturated carbocycles. The Hall–Kier alpha value is -0.330. The molecule has 1 aromatic rings. The zero-order valence-electron chi connectivity index (χ0n) is 14.8. The minimum absolute atomic E-state index is 0. The van der Waals surface area contributed by atoms with Gasteiger partial charge in [-0.3, -0.25) is 4.99 Å². The summed E-state index contributed by atoms with van der Waals surface area (Å²) in [6, 6.07) is 0. The van der Waals surface area contributed by atoms with E-state index in [4.69, 9.17) is 0 Å². The number of thioether (sulfide) groups is 1. The number of aliphatic hydroxyl groups is 1. The number of guanidine groups is 1. The van der Waals surface area contributed by atoms with Crippen LogP contribution >= 0.6 is 47.3 Å². The molecule has 0 aliphatic carbocycles. The van der Waals surface area contributed by atoms with Gasteiger partial charge in [-0.25, -0.2) is 4.98 Å². The van der Waals surface area contributed by atoms with Crippen LogP contribution in [0.15, 0.2) is 4.99 Å². The van der Waals surface area contributed by atoms with Crippen LogP contribution in [0.25, 0.3) is 0 Å². The molecule has 1 atom stereocenters. The first-order chi connectivity index (χ1) is 11.6. The Morgan fingerprint density at radius 3 is 2.68 bits per heavy atom. The van der Waals surface area contributed by atoms with Gasteiger partial charge in [0.05, 0.1) is 5.60 Å². The zero-order chi connectivity index (χ0) is 17.0. The molecule has 2 saturated heterocycles.